The summed E-state index contributed by atoms with van der Waals surface area (Å²) in [5, 5.41) is 13.0. The molecule has 4 rings (SSSR count). The molecule has 0 saturated carbocycles. The zero-order valence-electron chi connectivity index (χ0n) is 19.7. The number of anilines is 1. The van der Waals surface area contributed by atoms with Gasteiger partial charge in [0, 0.05) is 21.8 Å². The highest BCUT2D eigenvalue weighted by Gasteiger charge is 2.20. The number of amides is 1. The van der Waals surface area contributed by atoms with E-state index in [1.54, 1.807) is 24.3 Å². The van der Waals surface area contributed by atoms with E-state index in [0.29, 0.717) is 27.3 Å². The molecule has 0 saturated heterocycles. The second kappa shape index (κ2) is 10.9. The van der Waals surface area contributed by atoms with E-state index in [4.69, 9.17) is 11.6 Å². The fourth-order valence-corrected chi connectivity index (χ4v) is 4.56. The molecule has 0 radical (unpaired) electrons. The van der Waals surface area contributed by atoms with Gasteiger partial charge >= 0.3 is 0 Å². The van der Waals surface area contributed by atoms with Crippen LogP contribution in [0.2, 0.25) is 5.02 Å². The second-order valence-corrected chi connectivity index (χ2v) is 9.71. The number of halogens is 1. The SMILES string of the molecule is CC(=O)c1cccc(NC(=O)CSc2nnc(-c3ccc(Cl)cc3)n2-c2ccccc2C(C)C)c1. The van der Waals surface area contributed by atoms with E-state index in [-0.39, 0.29) is 23.4 Å². The molecule has 3 aromatic carbocycles. The first-order valence-electron chi connectivity index (χ1n) is 11.2. The second-order valence-electron chi connectivity index (χ2n) is 8.34. The Balaban J connectivity index is 1.64. The maximum absolute atomic E-state index is 12.7. The molecule has 6 nitrogen and oxygen atoms in total. The Hall–Kier alpha value is -3.42. The number of hydrogen-bond donors (Lipinski definition) is 1. The lowest BCUT2D eigenvalue weighted by atomic mass is 10.0. The van der Waals surface area contributed by atoms with Crippen LogP contribution in [0.15, 0.2) is 78.0 Å². The highest BCUT2D eigenvalue weighted by molar-refractivity contribution is 7.99. The van der Waals surface area contributed by atoms with Crippen LogP contribution in [-0.4, -0.2) is 32.2 Å². The number of benzene rings is 3. The quantitative estimate of drug-likeness (QED) is 0.215. The summed E-state index contributed by atoms with van der Waals surface area (Å²) in [6.07, 6.45) is 0. The van der Waals surface area contributed by atoms with E-state index in [0.717, 1.165) is 16.8 Å². The summed E-state index contributed by atoms with van der Waals surface area (Å²) in [5.41, 5.74) is 4.12. The average molecular weight is 505 g/mol. The van der Waals surface area contributed by atoms with Gasteiger partial charge in [-0.05, 0) is 60.9 Å². The fraction of sp³-hybridized carbons (Fsp3) is 0.185. The van der Waals surface area contributed by atoms with E-state index < -0.39 is 0 Å². The van der Waals surface area contributed by atoms with Crippen molar-refractivity contribution in [3.63, 3.8) is 0 Å². The van der Waals surface area contributed by atoms with Gasteiger partial charge in [0.15, 0.2) is 16.8 Å². The van der Waals surface area contributed by atoms with Crippen LogP contribution in [0.25, 0.3) is 17.1 Å². The predicted molar refractivity (Wildman–Crippen MR) is 142 cm³/mol. The van der Waals surface area contributed by atoms with Gasteiger partial charge in [0.05, 0.1) is 11.4 Å². The van der Waals surface area contributed by atoms with Gasteiger partial charge in [-0.3, -0.25) is 14.2 Å². The molecule has 0 aliphatic heterocycles. The maximum Gasteiger partial charge on any atom is 0.234 e. The number of nitrogens with one attached hydrogen (secondary N) is 1. The minimum absolute atomic E-state index is 0.0536. The molecule has 0 bridgehead atoms. The van der Waals surface area contributed by atoms with Crippen LogP contribution in [0.3, 0.4) is 0 Å². The Labute approximate surface area is 213 Å². The third kappa shape index (κ3) is 5.81. The summed E-state index contributed by atoms with van der Waals surface area (Å²) in [6.45, 7) is 5.78. The zero-order chi connectivity index (χ0) is 24.9. The Morgan fingerprint density at radius 1 is 1.00 bits per heavy atom. The Morgan fingerprint density at radius 3 is 2.46 bits per heavy atom. The van der Waals surface area contributed by atoms with Crippen molar-refractivity contribution in [3.05, 3.63) is 88.9 Å². The van der Waals surface area contributed by atoms with Crippen molar-refractivity contribution in [3.8, 4) is 17.1 Å². The Morgan fingerprint density at radius 2 is 1.74 bits per heavy atom. The molecule has 0 spiro atoms. The average Bonchev–Trinajstić information content (AvgIpc) is 3.27. The first-order valence-corrected chi connectivity index (χ1v) is 12.5. The van der Waals surface area contributed by atoms with Crippen LogP contribution >= 0.6 is 23.4 Å². The van der Waals surface area contributed by atoms with Crippen LogP contribution in [-0.2, 0) is 4.79 Å². The lowest BCUT2D eigenvalue weighted by Gasteiger charge is -2.17. The van der Waals surface area contributed by atoms with Gasteiger partial charge < -0.3 is 5.32 Å². The Kier molecular flexibility index (Phi) is 7.68. The van der Waals surface area contributed by atoms with Crippen molar-refractivity contribution in [2.45, 2.75) is 31.8 Å². The number of nitrogens with zero attached hydrogens (tertiary/aromatic N) is 3. The minimum Gasteiger partial charge on any atom is -0.325 e. The third-order valence-corrected chi connectivity index (χ3v) is 6.60. The van der Waals surface area contributed by atoms with Gasteiger partial charge in [0.25, 0.3) is 0 Å². The van der Waals surface area contributed by atoms with Gasteiger partial charge in [0.1, 0.15) is 0 Å². The zero-order valence-corrected chi connectivity index (χ0v) is 21.2. The number of rotatable bonds is 8. The normalized spacial score (nSPS) is 11.0. The topological polar surface area (TPSA) is 76.9 Å². The molecule has 0 fully saturated rings. The third-order valence-electron chi connectivity index (χ3n) is 5.42. The van der Waals surface area contributed by atoms with E-state index in [2.05, 4.69) is 35.4 Å². The molecule has 0 unspecified atom stereocenters. The summed E-state index contributed by atoms with van der Waals surface area (Å²) in [4.78, 5) is 24.4. The van der Waals surface area contributed by atoms with Crippen molar-refractivity contribution in [1.29, 1.82) is 0 Å². The molecular formula is C27H25ClN4O2S. The van der Waals surface area contributed by atoms with Crippen molar-refractivity contribution in [2.24, 2.45) is 0 Å². The smallest absolute Gasteiger partial charge is 0.234 e. The van der Waals surface area contributed by atoms with Crippen molar-refractivity contribution in [2.75, 3.05) is 11.1 Å². The number of carbonyl (C=O) groups excluding carboxylic acids is 2. The molecule has 1 amide bonds. The molecule has 8 heteroatoms. The van der Waals surface area contributed by atoms with E-state index in [1.165, 1.54) is 18.7 Å². The number of thioether (sulfide) groups is 1. The first kappa shape index (κ1) is 24.7. The molecule has 0 aliphatic rings. The van der Waals surface area contributed by atoms with Crippen LogP contribution in [0, 0.1) is 0 Å². The van der Waals surface area contributed by atoms with E-state index in [1.807, 2.05) is 47.0 Å². The molecule has 178 valence electrons. The van der Waals surface area contributed by atoms with Gasteiger partial charge in [-0.25, -0.2) is 0 Å². The van der Waals surface area contributed by atoms with Gasteiger partial charge in [0.2, 0.25) is 5.91 Å². The van der Waals surface area contributed by atoms with Crippen molar-refractivity contribution < 1.29 is 9.59 Å². The molecule has 0 atom stereocenters. The lowest BCUT2D eigenvalue weighted by Crippen LogP contribution is -2.15. The summed E-state index contributed by atoms with van der Waals surface area (Å²) in [7, 11) is 0. The molecule has 1 N–H and O–H groups in total. The molecule has 4 aromatic rings. The molecule has 1 heterocycles. The van der Waals surface area contributed by atoms with Gasteiger partial charge in [-0.15, -0.1) is 10.2 Å². The van der Waals surface area contributed by atoms with Crippen LogP contribution in [0.5, 0.6) is 0 Å². The fourth-order valence-electron chi connectivity index (χ4n) is 3.69. The van der Waals surface area contributed by atoms with Crippen LogP contribution in [0.4, 0.5) is 5.69 Å². The highest BCUT2D eigenvalue weighted by Crippen LogP contribution is 2.32. The monoisotopic (exact) mass is 504 g/mol. The van der Waals surface area contributed by atoms with E-state index in [9.17, 15) is 9.59 Å². The lowest BCUT2D eigenvalue weighted by molar-refractivity contribution is -0.113. The first-order chi connectivity index (χ1) is 16.8. The molecular weight excluding hydrogens is 480 g/mol. The van der Waals surface area contributed by atoms with Gasteiger partial charge in [-0.2, -0.15) is 0 Å². The predicted octanol–water partition coefficient (Wildman–Crippen LogP) is 6.64. The van der Waals surface area contributed by atoms with Crippen LogP contribution in [0.1, 0.15) is 42.6 Å². The number of para-hydroxylation sites is 1. The summed E-state index contributed by atoms with van der Waals surface area (Å²) in [6, 6.07) is 22.5. The number of aromatic nitrogens is 3. The standard InChI is InChI=1S/C27H25ClN4O2S/c1-17(2)23-9-4-5-10-24(23)32-26(19-11-13-21(28)14-12-19)30-31-27(32)35-16-25(34)29-22-8-6-7-20(15-22)18(3)33/h4-15,17H,16H2,1-3H3,(H,29,34). The number of Topliss-reactive ketones (excluding diaryl/α,β-unsaturated/α-hetero) is 1. The summed E-state index contributed by atoms with van der Waals surface area (Å²) >= 11 is 7.40. The largest absolute Gasteiger partial charge is 0.325 e. The molecule has 0 aliphatic carbocycles. The molecule has 1 aromatic heterocycles. The summed E-state index contributed by atoms with van der Waals surface area (Å²) in [5.74, 6) is 0.832. The highest BCUT2D eigenvalue weighted by atomic mass is 35.5. The summed E-state index contributed by atoms with van der Waals surface area (Å²) < 4.78 is 1.99. The van der Waals surface area contributed by atoms with Crippen molar-refractivity contribution in [1.82, 2.24) is 14.8 Å². The van der Waals surface area contributed by atoms with Crippen molar-refractivity contribution >= 4 is 40.7 Å². The minimum atomic E-state index is -0.199. The maximum atomic E-state index is 12.7. The van der Waals surface area contributed by atoms with Crippen LogP contribution < -0.4 is 5.32 Å². The number of carbonyl (C=O) groups is 2. The number of ketones is 1. The molecule has 35 heavy (non-hydrogen) atoms. The van der Waals surface area contributed by atoms with Gasteiger partial charge in [-0.1, -0.05) is 67.5 Å². The Bertz CT molecular complexity index is 1370. The number of hydrogen-bond acceptors (Lipinski definition) is 5. The van der Waals surface area contributed by atoms with E-state index >= 15 is 0 Å².